The van der Waals surface area contributed by atoms with Gasteiger partial charge in [-0.1, -0.05) is 26.0 Å². The van der Waals surface area contributed by atoms with Crippen molar-refractivity contribution < 1.29 is 0 Å². The summed E-state index contributed by atoms with van der Waals surface area (Å²) in [5.74, 6) is 1.21. The van der Waals surface area contributed by atoms with Crippen LogP contribution in [-0.2, 0) is 6.42 Å². The maximum Gasteiger partial charge on any atom is 0.188 e. The minimum atomic E-state index is 0. The zero-order valence-corrected chi connectivity index (χ0v) is 16.0. The first kappa shape index (κ1) is 18.8. The predicted octanol–water partition coefficient (Wildman–Crippen LogP) is 3.59. The Labute approximate surface area is 150 Å². The summed E-state index contributed by atoms with van der Waals surface area (Å²) in [4.78, 5) is 7.66. The molecular formula is C17H27IN4. The Morgan fingerprint density at radius 1 is 1.36 bits per heavy atom. The number of aliphatic imine (C=N–C) groups is 1. The van der Waals surface area contributed by atoms with Gasteiger partial charge in [0.25, 0.3) is 0 Å². The predicted molar refractivity (Wildman–Crippen MR) is 106 cm³/mol. The van der Waals surface area contributed by atoms with Crippen molar-refractivity contribution in [2.24, 2.45) is 16.6 Å². The summed E-state index contributed by atoms with van der Waals surface area (Å²) < 4.78 is 0. The molecule has 1 aromatic carbocycles. The normalized spacial score (nSPS) is 11.7. The second-order valence-electron chi connectivity index (χ2n) is 5.99. The zero-order valence-electron chi connectivity index (χ0n) is 13.6. The number of hydrogen-bond donors (Lipinski definition) is 3. The van der Waals surface area contributed by atoms with Crippen molar-refractivity contribution in [2.75, 3.05) is 13.1 Å². The topological polar surface area (TPSA) is 66.2 Å². The van der Waals surface area contributed by atoms with Gasteiger partial charge in [0.15, 0.2) is 5.96 Å². The molecule has 0 amide bonds. The third-order valence-corrected chi connectivity index (χ3v) is 3.61. The molecule has 1 heterocycles. The molecule has 122 valence electrons. The molecule has 0 aliphatic heterocycles. The summed E-state index contributed by atoms with van der Waals surface area (Å²) in [6.07, 6.45) is 4.09. The molecular weight excluding hydrogens is 387 g/mol. The molecule has 2 rings (SSSR count). The lowest BCUT2D eigenvalue weighted by molar-refractivity contribution is 0.595. The van der Waals surface area contributed by atoms with E-state index in [-0.39, 0.29) is 24.0 Å². The monoisotopic (exact) mass is 414 g/mol. The van der Waals surface area contributed by atoms with E-state index in [1.165, 1.54) is 22.0 Å². The molecule has 0 saturated carbocycles. The van der Waals surface area contributed by atoms with Crippen molar-refractivity contribution in [3.63, 3.8) is 0 Å². The summed E-state index contributed by atoms with van der Waals surface area (Å²) in [5.41, 5.74) is 9.65. The number of guanidine groups is 1. The Morgan fingerprint density at radius 3 is 2.86 bits per heavy atom. The maximum atomic E-state index is 5.86. The molecule has 0 aliphatic rings. The van der Waals surface area contributed by atoms with Crippen LogP contribution in [0, 0.1) is 12.8 Å². The molecule has 0 spiro atoms. The second-order valence-corrected chi connectivity index (χ2v) is 5.99. The lowest BCUT2D eigenvalue weighted by Crippen LogP contribution is -2.33. The SMILES string of the molecule is Cc1ccc2c(CCNC(N)=NCCC(C)C)c[nH]c2c1.I. The highest BCUT2D eigenvalue weighted by atomic mass is 127. The smallest absolute Gasteiger partial charge is 0.188 e. The van der Waals surface area contributed by atoms with Crippen LogP contribution in [0.2, 0.25) is 0 Å². The van der Waals surface area contributed by atoms with Crippen molar-refractivity contribution in [2.45, 2.75) is 33.6 Å². The van der Waals surface area contributed by atoms with Crippen LogP contribution in [0.25, 0.3) is 10.9 Å². The average molecular weight is 414 g/mol. The van der Waals surface area contributed by atoms with Gasteiger partial charge in [-0.25, -0.2) is 0 Å². The van der Waals surface area contributed by atoms with Crippen LogP contribution in [0.15, 0.2) is 29.4 Å². The number of nitrogens with two attached hydrogens (primary N) is 1. The van der Waals surface area contributed by atoms with E-state index in [9.17, 15) is 0 Å². The fourth-order valence-electron chi connectivity index (χ4n) is 2.33. The summed E-state index contributed by atoms with van der Waals surface area (Å²) >= 11 is 0. The molecule has 4 nitrogen and oxygen atoms in total. The first-order valence-corrected chi connectivity index (χ1v) is 7.66. The van der Waals surface area contributed by atoms with E-state index in [1.54, 1.807) is 0 Å². The van der Waals surface area contributed by atoms with Crippen molar-refractivity contribution in [3.05, 3.63) is 35.5 Å². The zero-order chi connectivity index (χ0) is 15.2. The van der Waals surface area contributed by atoms with Gasteiger partial charge in [0.2, 0.25) is 0 Å². The highest BCUT2D eigenvalue weighted by Crippen LogP contribution is 2.19. The van der Waals surface area contributed by atoms with E-state index in [4.69, 9.17) is 5.73 Å². The number of halogens is 1. The molecule has 2 aromatic rings. The molecule has 0 saturated heterocycles. The third-order valence-electron chi connectivity index (χ3n) is 3.61. The van der Waals surface area contributed by atoms with E-state index < -0.39 is 0 Å². The van der Waals surface area contributed by atoms with Crippen molar-refractivity contribution >= 4 is 40.8 Å². The first-order valence-electron chi connectivity index (χ1n) is 7.66. The largest absolute Gasteiger partial charge is 0.370 e. The van der Waals surface area contributed by atoms with Gasteiger partial charge in [0, 0.05) is 30.2 Å². The molecule has 0 aliphatic carbocycles. The van der Waals surface area contributed by atoms with Gasteiger partial charge >= 0.3 is 0 Å². The highest BCUT2D eigenvalue weighted by molar-refractivity contribution is 14.0. The first-order chi connectivity index (χ1) is 10.1. The average Bonchev–Trinajstić information content (AvgIpc) is 2.80. The minimum absolute atomic E-state index is 0. The lowest BCUT2D eigenvalue weighted by Gasteiger charge is -2.06. The molecule has 0 atom stereocenters. The fraction of sp³-hybridized carbons (Fsp3) is 0.471. The van der Waals surface area contributed by atoms with Gasteiger partial charge in [0.1, 0.15) is 0 Å². The maximum absolute atomic E-state index is 5.86. The van der Waals surface area contributed by atoms with Crippen LogP contribution in [-0.4, -0.2) is 24.0 Å². The molecule has 4 N–H and O–H groups in total. The standard InChI is InChI=1S/C17H26N4.HI/c1-12(2)6-8-19-17(18)20-9-7-14-11-21-16-10-13(3)4-5-15(14)16;/h4-5,10-12,21H,6-9H2,1-3H3,(H3,18,19,20);1H. The van der Waals surface area contributed by atoms with Crippen LogP contribution in [0.4, 0.5) is 0 Å². The summed E-state index contributed by atoms with van der Waals surface area (Å²) in [5, 5.41) is 4.47. The summed E-state index contributed by atoms with van der Waals surface area (Å²) in [7, 11) is 0. The van der Waals surface area contributed by atoms with Crippen LogP contribution in [0.5, 0.6) is 0 Å². The van der Waals surface area contributed by atoms with Gasteiger partial charge in [-0.15, -0.1) is 24.0 Å². The lowest BCUT2D eigenvalue weighted by atomic mass is 10.1. The van der Waals surface area contributed by atoms with Crippen molar-refractivity contribution in [3.8, 4) is 0 Å². The number of hydrogen-bond acceptors (Lipinski definition) is 1. The molecule has 22 heavy (non-hydrogen) atoms. The van der Waals surface area contributed by atoms with E-state index in [0.717, 1.165) is 25.9 Å². The van der Waals surface area contributed by atoms with Crippen LogP contribution < -0.4 is 11.1 Å². The summed E-state index contributed by atoms with van der Waals surface area (Å²) in [6, 6.07) is 6.50. The molecule has 0 radical (unpaired) electrons. The molecule has 0 bridgehead atoms. The van der Waals surface area contributed by atoms with Gasteiger partial charge < -0.3 is 16.0 Å². The number of aryl methyl sites for hydroxylation is 1. The van der Waals surface area contributed by atoms with E-state index in [0.29, 0.717) is 11.9 Å². The van der Waals surface area contributed by atoms with Gasteiger partial charge in [0.05, 0.1) is 0 Å². The van der Waals surface area contributed by atoms with Crippen molar-refractivity contribution in [1.82, 2.24) is 10.3 Å². The van der Waals surface area contributed by atoms with Gasteiger partial charge in [-0.2, -0.15) is 0 Å². The Kier molecular flexibility index (Phi) is 7.72. The second kappa shape index (κ2) is 9.02. The minimum Gasteiger partial charge on any atom is -0.370 e. The van der Waals surface area contributed by atoms with Crippen molar-refractivity contribution in [1.29, 1.82) is 0 Å². The highest BCUT2D eigenvalue weighted by Gasteiger charge is 2.03. The number of aromatic nitrogens is 1. The number of aromatic amines is 1. The Hall–Kier alpha value is -1.24. The fourth-order valence-corrected chi connectivity index (χ4v) is 2.33. The molecule has 1 aromatic heterocycles. The number of nitrogens with one attached hydrogen (secondary N) is 2. The number of rotatable bonds is 6. The van der Waals surface area contributed by atoms with Gasteiger partial charge in [-0.05, 0) is 42.9 Å². The molecule has 0 unspecified atom stereocenters. The number of fused-ring (bicyclic) bond motifs is 1. The van der Waals surface area contributed by atoms with E-state index >= 15 is 0 Å². The Bertz CT molecular complexity index is 616. The quantitative estimate of drug-likeness (QED) is 0.384. The molecule has 0 fully saturated rings. The van der Waals surface area contributed by atoms with Crippen LogP contribution in [0.1, 0.15) is 31.4 Å². The number of benzene rings is 1. The third kappa shape index (κ3) is 5.51. The summed E-state index contributed by atoms with van der Waals surface area (Å²) in [6.45, 7) is 8.09. The van der Waals surface area contributed by atoms with E-state index in [1.807, 2.05) is 0 Å². The Balaban J connectivity index is 0.00000242. The van der Waals surface area contributed by atoms with E-state index in [2.05, 4.69) is 60.5 Å². The van der Waals surface area contributed by atoms with Crippen LogP contribution in [0.3, 0.4) is 0 Å². The van der Waals surface area contributed by atoms with Crippen LogP contribution >= 0.6 is 24.0 Å². The number of H-pyrrole nitrogens is 1. The molecule has 5 heteroatoms. The van der Waals surface area contributed by atoms with Gasteiger partial charge in [-0.3, -0.25) is 4.99 Å². The number of nitrogens with zero attached hydrogens (tertiary/aromatic N) is 1. The Morgan fingerprint density at radius 2 is 2.14 bits per heavy atom.